The number of aryl methyl sites for hydroxylation is 1. The minimum Gasteiger partial charge on any atom is -0.496 e. The molecule has 0 aliphatic rings. The van der Waals surface area contributed by atoms with Gasteiger partial charge in [-0.3, -0.25) is 4.79 Å². The number of methoxy groups -OCH3 is 1. The van der Waals surface area contributed by atoms with Crippen LogP contribution in [0.4, 0.5) is 0 Å². The van der Waals surface area contributed by atoms with Gasteiger partial charge < -0.3 is 15.4 Å². The molecule has 0 saturated heterocycles. The molecular weight excluding hydrogens is 240 g/mol. The van der Waals surface area contributed by atoms with Crippen LogP contribution in [0, 0.1) is 0 Å². The Morgan fingerprint density at radius 2 is 2.05 bits per heavy atom. The lowest BCUT2D eigenvalue weighted by molar-refractivity contribution is -0.126. The van der Waals surface area contributed by atoms with Crippen LogP contribution < -0.4 is 15.4 Å². The van der Waals surface area contributed by atoms with Crippen molar-refractivity contribution in [2.24, 2.45) is 0 Å². The molecule has 106 valence electrons. The number of benzene rings is 1. The number of ether oxygens (including phenoxy) is 1. The number of likely N-dealkylation sites (N-methyl/N-ethyl adjacent to an activating group) is 1. The van der Waals surface area contributed by atoms with Gasteiger partial charge in [-0.2, -0.15) is 0 Å². The minimum absolute atomic E-state index is 0.0287. The highest BCUT2D eigenvalue weighted by atomic mass is 16.5. The van der Waals surface area contributed by atoms with E-state index in [-0.39, 0.29) is 5.91 Å². The molecule has 0 aromatic heterocycles. The van der Waals surface area contributed by atoms with Gasteiger partial charge >= 0.3 is 0 Å². The Morgan fingerprint density at radius 3 is 2.58 bits per heavy atom. The monoisotopic (exact) mass is 264 g/mol. The van der Waals surface area contributed by atoms with Crippen molar-refractivity contribution in [3.63, 3.8) is 0 Å². The number of hydrogen-bond acceptors (Lipinski definition) is 3. The fraction of sp³-hybridized carbons (Fsp3) is 0.533. The highest BCUT2D eigenvalue weighted by Gasteiger charge is 2.24. The van der Waals surface area contributed by atoms with Gasteiger partial charge in [-0.1, -0.05) is 19.1 Å². The fourth-order valence-corrected chi connectivity index (χ4v) is 1.70. The maximum atomic E-state index is 12.0. The first-order valence-corrected chi connectivity index (χ1v) is 6.57. The molecule has 0 aliphatic carbocycles. The van der Waals surface area contributed by atoms with Gasteiger partial charge in [-0.05, 0) is 38.9 Å². The van der Waals surface area contributed by atoms with Crippen molar-refractivity contribution in [3.05, 3.63) is 29.3 Å². The molecule has 0 saturated carbocycles. The molecule has 0 spiro atoms. The molecule has 1 aromatic carbocycles. The second-order valence-electron chi connectivity index (χ2n) is 5.06. The van der Waals surface area contributed by atoms with Gasteiger partial charge in [0.25, 0.3) is 0 Å². The maximum Gasteiger partial charge on any atom is 0.239 e. The van der Waals surface area contributed by atoms with Crippen molar-refractivity contribution in [3.8, 4) is 5.75 Å². The zero-order valence-corrected chi connectivity index (χ0v) is 12.5. The smallest absolute Gasteiger partial charge is 0.239 e. The Balaban J connectivity index is 2.79. The van der Waals surface area contributed by atoms with E-state index in [1.807, 2.05) is 26.0 Å². The van der Waals surface area contributed by atoms with Crippen molar-refractivity contribution < 1.29 is 9.53 Å². The van der Waals surface area contributed by atoms with Crippen LogP contribution in [0.3, 0.4) is 0 Å². The predicted octanol–water partition coefficient (Wildman–Crippen LogP) is 1.87. The van der Waals surface area contributed by atoms with E-state index >= 15 is 0 Å². The van der Waals surface area contributed by atoms with Gasteiger partial charge in [-0.25, -0.2) is 0 Å². The van der Waals surface area contributed by atoms with Crippen molar-refractivity contribution in [1.29, 1.82) is 0 Å². The molecule has 19 heavy (non-hydrogen) atoms. The second kappa shape index (κ2) is 6.57. The number of carbonyl (C=O) groups is 1. The first-order valence-electron chi connectivity index (χ1n) is 6.57. The number of carbonyl (C=O) groups excluding carboxylic acids is 1. The lowest BCUT2D eigenvalue weighted by atomic mass is 10.0. The molecule has 1 aromatic rings. The lowest BCUT2D eigenvalue weighted by Gasteiger charge is -2.23. The first-order chi connectivity index (χ1) is 8.94. The van der Waals surface area contributed by atoms with Crippen molar-refractivity contribution in [2.75, 3.05) is 14.2 Å². The SMILES string of the molecule is CCc1ccc(OC)c(CNC(=O)C(C)(C)NC)c1. The van der Waals surface area contributed by atoms with Crippen LogP contribution in [0.1, 0.15) is 31.9 Å². The minimum atomic E-state index is -0.574. The van der Waals surface area contributed by atoms with Gasteiger partial charge in [0.1, 0.15) is 5.75 Å². The van der Waals surface area contributed by atoms with Crippen LogP contribution in [-0.4, -0.2) is 25.6 Å². The Bertz CT molecular complexity index is 442. The third kappa shape index (κ3) is 3.96. The average molecular weight is 264 g/mol. The Morgan fingerprint density at radius 1 is 1.37 bits per heavy atom. The molecule has 0 fully saturated rings. The quantitative estimate of drug-likeness (QED) is 0.824. The summed E-state index contributed by atoms with van der Waals surface area (Å²) < 4.78 is 5.32. The highest BCUT2D eigenvalue weighted by molar-refractivity contribution is 5.85. The van der Waals surface area contributed by atoms with Gasteiger partial charge in [0, 0.05) is 12.1 Å². The predicted molar refractivity (Wildman–Crippen MR) is 77.4 cm³/mol. The van der Waals surface area contributed by atoms with Crippen molar-refractivity contribution in [1.82, 2.24) is 10.6 Å². The number of rotatable bonds is 6. The van der Waals surface area contributed by atoms with E-state index in [2.05, 4.69) is 23.6 Å². The summed E-state index contributed by atoms with van der Waals surface area (Å²) in [5.41, 5.74) is 1.66. The molecule has 0 bridgehead atoms. The van der Waals surface area contributed by atoms with E-state index < -0.39 is 5.54 Å². The molecule has 0 atom stereocenters. The Labute approximate surface area is 115 Å². The molecule has 4 nitrogen and oxygen atoms in total. The Hall–Kier alpha value is -1.55. The van der Waals surface area contributed by atoms with Gasteiger partial charge in [0.15, 0.2) is 0 Å². The summed E-state index contributed by atoms with van der Waals surface area (Å²) in [4.78, 5) is 12.0. The standard InChI is InChI=1S/C15H24N2O2/c1-6-11-7-8-13(19-5)12(9-11)10-17-14(18)15(2,3)16-4/h7-9,16H,6,10H2,1-5H3,(H,17,18). The first kappa shape index (κ1) is 15.5. The molecule has 0 unspecified atom stereocenters. The molecule has 4 heteroatoms. The fourth-order valence-electron chi connectivity index (χ4n) is 1.70. The normalized spacial score (nSPS) is 11.2. The zero-order valence-electron chi connectivity index (χ0n) is 12.5. The van der Waals surface area contributed by atoms with E-state index in [0.717, 1.165) is 17.7 Å². The van der Waals surface area contributed by atoms with E-state index in [1.165, 1.54) is 5.56 Å². The van der Waals surface area contributed by atoms with Crippen LogP contribution in [0.5, 0.6) is 5.75 Å². The van der Waals surface area contributed by atoms with Crippen LogP contribution in [0.2, 0.25) is 0 Å². The Kier molecular flexibility index (Phi) is 5.36. The summed E-state index contributed by atoms with van der Waals surface area (Å²) >= 11 is 0. The molecule has 2 N–H and O–H groups in total. The number of amides is 1. The van der Waals surface area contributed by atoms with E-state index in [4.69, 9.17) is 4.74 Å². The third-order valence-electron chi connectivity index (χ3n) is 3.39. The van der Waals surface area contributed by atoms with Crippen LogP contribution >= 0.6 is 0 Å². The highest BCUT2D eigenvalue weighted by Crippen LogP contribution is 2.20. The summed E-state index contributed by atoms with van der Waals surface area (Å²) in [5.74, 6) is 0.777. The number of nitrogens with one attached hydrogen (secondary N) is 2. The van der Waals surface area contributed by atoms with Gasteiger partial charge in [-0.15, -0.1) is 0 Å². The summed E-state index contributed by atoms with van der Waals surface area (Å²) in [6.45, 7) is 6.28. The molecule has 0 heterocycles. The van der Waals surface area contributed by atoms with Crippen LogP contribution in [-0.2, 0) is 17.8 Å². The zero-order chi connectivity index (χ0) is 14.5. The van der Waals surface area contributed by atoms with Crippen LogP contribution in [0.15, 0.2) is 18.2 Å². The van der Waals surface area contributed by atoms with Crippen molar-refractivity contribution in [2.45, 2.75) is 39.3 Å². The van der Waals surface area contributed by atoms with E-state index in [1.54, 1.807) is 14.2 Å². The molecular formula is C15H24N2O2. The summed E-state index contributed by atoms with van der Waals surface area (Å²) in [5, 5.41) is 5.92. The summed E-state index contributed by atoms with van der Waals surface area (Å²) in [7, 11) is 3.42. The summed E-state index contributed by atoms with van der Waals surface area (Å²) in [6, 6.07) is 6.07. The lowest BCUT2D eigenvalue weighted by Crippen LogP contribution is -2.50. The topological polar surface area (TPSA) is 50.4 Å². The van der Waals surface area contributed by atoms with Gasteiger partial charge in [0.05, 0.1) is 12.6 Å². The maximum absolute atomic E-state index is 12.0. The number of hydrogen-bond donors (Lipinski definition) is 2. The van der Waals surface area contributed by atoms with Crippen molar-refractivity contribution >= 4 is 5.91 Å². The third-order valence-corrected chi connectivity index (χ3v) is 3.39. The largest absolute Gasteiger partial charge is 0.496 e. The van der Waals surface area contributed by atoms with E-state index in [9.17, 15) is 4.79 Å². The molecule has 1 rings (SSSR count). The van der Waals surface area contributed by atoms with E-state index in [0.29, 0.717) is 6.54 Å². The van der Waals surface area contributed by atoms with Gasteiger partial charge in [0.2, 0.25) is 5.91 Å². The summed E-state index contributed by atoms with van der Waals surface area (Å²) in [6.07, 6.45) is 0.965. The molecule has 0 radical (unpaired) electrons. The molecule has 1 amide bonds. The average Bonchev–Trinajstić information content (AvgIpc) is 2.44. The molecule has 0 aliphatic heterocycles. The van der Waals surface area contributed by atoms with Crippen LogP contribution in [0.25, 0.3) is 0 Å². The second-order valence-corrected chi connectivity index (χ2v) is 5.06.